The second-order valence-corrected chi connectivity index (χ2v) is 5.03. The number of aromatic nitrogens is 1. The number of nitrogens with one attached hydrogen (secondary N) is 2. The topological polar surface area (TPSA) is 68.3 Å². The summed E-state index contributed by atoms with van der Waals surface area (Å²) in [6, 6.07) is 5.33. The van der Waals surface area contributed by atoms with E-state index in [-0.39, 0.29) is 12.0 Å². The smallest absolute Gasteiger partial charge is 0.116 e. The van der Waals surface area contributed by atoms with Gasteiger partial charge < -0.3 is 15.2 Å². The molecule has 96 valence electrons. The Morgan fingerprint density at radius 1 is 1.39 bits per heavy atom. The van der Waals surface area contributed by atoms with Crippen molar-refractivity contribution in [2.75, 3.05) is 6.54 Å². The van der Waals surface area contributed by atoms with E-state index in [0.717, 1.165) is 42.3 Å². The summed E-state index contributed by atoms with van der Waals surface area (Å²) in [6.45, 7) is 0.750. The van der Waals surface area contributed by atoms with Crippen LogP contribution in [0.3, 0.4) is 0 Å². The quantitative estimate of drug-likeness (QED) is 0.607. The fourth-order valence-corrected chi connectivity index (χ4v) is 2.31. The summed E-state index contributed by atoms with van der Waals surface area (Å²) >= 11 is 0. The van der Waals surface area contributed by atoms with E-state index in [1.165, 1.54) is 0 Å². The number of benzene rings is 1. The van der Waals surface area contributed by atoms with Gasteiger partial charge in [0.1, 0.15) is 12.0 Å². The number of phenols is 1. The molecule has 4 N–H and O–H groups in total. The molecule has 0 bridgehead atoms. The Balaban J connectivity index is 1.64. The summed E-state index contributed by atoms with van der Waals surface area (Å²) < 4.78 is 0. The summed E-state index contributed by atoms with van der Waals surface area (Å²) in [5, 5.41) is 23.4. The molecule has 1 atom stereocenters. The predicted octanol–water partition coefficient (Wildman–Crippen LogP) is 1.73. The van der Waals surface area contributed by atoms with E-state index in [1.807, 2.05) is 12.3 Å². The number of fused-ring (bicyclic) bond motifs is 1. The van der Waals surface area contributed by atoms with Crippen LogP contribution >= 0.6 is 0 Å². The molecular weight excluding hydrogens is 228 g/mol. The van der Waals surface area contributed by atoms with Gasteiger partial charge in [0, 0.05) is 23.6 Å². The van der Waals surface area contributed by atoms with Crippen molar-refractivity contribution in [3.05, 3.63) is 30.0 Å². The van der Waals surface area contributed by atoms with Crippen molar-refractivity contribution in [1.29, 1.82) is 0 Å². The van der Waals surface area contributed by atoms with Crippen molar-refractivity contribution < 1.29 is 10.2 Å². The van der Waals surface area contributed by atoms with Gasteiger partial charge in [0.15, 0.2) is 0 Å². The molecule has 1 aromatic heterocycles. The van der Waals surface area contributed by atoms with Crippen LogP contribution in [0.5, 0.6) is 5.75 Å². The Bertz CT molecular complexity index is 546. The van der Waals surface area contributed by atoms with Crippen LogP contribution in [-0.2, 0) is 6.42 Å². The largest absolute Gasteiger partial charge is 0.508 e. The summed E-state index contributed by atoms with van der Waals surface area (Å²) in [6.07, 6.45) is 4.72. The average Bonchev–Trinajstić information content (AvgIpc) is 3.13. The summed E-state index contributed by atoms with van der Waals surface area (Å²) in [7, 11) is 0. The molecule has 1 unspecified atom stereocenters. The highest BCUT2D eigenvalue weighted by molar-refractivity contribution is 5.84. The van der Waals surface area contributed by atoms with Gasteiger partial charge >= 0.3 is 0 Å². The Hall–Kier alpha value is -1.52. The number of H-pyrrole nitrogens is 1. The minimum absolute atomic E-state index is 0.286. The molecule has 1 fully saturated rings. The molecule has 1 aromatic carbocycles. The van der Waals surface area contributed by atoms with Crippen molar-refractivity contribution in [1.82, 2.24) is 10.3 Å². The van der Waals surface area contributed by atoms with Gasteiger partial charge in [-0.05, 0) is 48.9 Å². The number of phenolic OH excluding ortho intramolecular Hbond substituents is 1. The lowest BCUT2D eigenvalue weighted by molar-refractivity contribution is 0.115. The molecule has 0 saturated heterocycles. The monoisotopic (exact) mass is 246 g/mol. The van der Waals surface area contributed by atoms with Crippen molar-refractivity contribution in [3.8, 4) is 5.75 Å². The summed E-state index contributed by atoms with van der Waals surface area (Å²) in [5.74, 6) is 0.742. The van der Waals surface area contributed by atoms with Crippen molar-refractivity contribution in [2.45, 2.75) is 25.5 Å². The molecule has 0 amide bonds. The normalized spacial score (nSPS) is 17.2. The molecule has 1 aliphatic rings. The van der Waals surface area contributed by atoms with Gasteiger partial charge in [0.25, 0.3) is 0 Å². The van der Waals surface area contributed by atoms with Crippen LogP contribution in [-0.4, -0.2) is 28.0 Å². The lowest BCUT2D eigenvalue weighted by Gasteiger charge is -2.10. The Labute approximate surface area is 106 Å². The third-order valence-corrected chi connectivity index (χ3v) is 3.57. The van der Waals surface area contributed by atoms with Gasteiger partial charge in [-0.25, -0.2) is 0 Å². The van der Waals surface area contributed by atoms with Crippen LogP contribution in [0.4, 0.5) is 0 Å². The van der Waals surface area contributed by atoms with E-state index in [2.05, 4.69) is 10.3 Å². The number of aromatic amines is 1. The number of hydrogen-bond donors (Lipinski definition) is 4. The molecule has 0 spiro atoms. The van der Waals surface area contributed by atoms with Crippen molar-refractivity contribution in [3.63, 3.8) is 0 Å². The first kappa shape index (κ1) is 11.6. The van der Waals surface area contributed by atoms with Gasteiger partial charge in [-0.2, -0.15) is 0 Å². The highest BCUT2D eigenvalue weighted by Gasteiger charge is 2.28. The number of hydrogen-bond acceptors (Lipinski definition) is 3. The molecule has 0 aliphatic heterocycles. The van der Waals surface area contributed by atoms with E-state index in [1.54, 1.807) is 12.1 Å². The number of aromatic hydroxyl groups is 1. The molecule has 3 rings (SSSR count). The Morgan fingerprint density at radius 2 is 2.22 bits per heavy atom. The van der Waals surface area contributed by atoms with E-state index in [4.69, 9.17) is 0 Å². The maximum Gasteiger partial charge on any atom is 0.116 e. The Morgan fingerprint density at radius 3 is 3.00 bits per heavy atom. The third-order valence-electron chi connectivity index (χ3n) is 3.57. The SMILES string of the molecule is Oc1ccc2[nH]cc(CCNC(O)C3CC3)c2c1. The zero-order valence-electron chi connectivity index (χ0n) is 10.2. The Kier molecular flexibility index (Phi) is 2.97. The van der Waals surface area contributed by atoms with Crippen LogP contribution in [0.2, 0.25) is 0 Å². The van der Waals surface area contributed by atoms with E-state index in [9.17, 15) is 10.2 Å². The van der Waals surface area contributed by atoms with Crippen LogP contribution in [0.1, 0.15) is 18.4 Å². The second kappa shape index (κ2) is 4.63. The standard InChI is InChI=1S/C14H18N2O2/c17-11-3-4-13-12(7-11)10(8-16-13)5-6-15-14(18)9-1-2-9/h3-4,7-9,14-18H,1-2,5-6H2. The fourth-order valence-electron chi connectivity index (χ4n) is 2.31. The molecule has 18 heavy (non-hydrogen) atoms. The average molecular weight is 246 g/mol. The fraction of sp³-hybridized carbons (Fsp3) is 0.429. The zero-order chi connectivity index (χ0) is 12.5. The molecule has 4 heteroatoms. The van der Waals surface area contributed by atoms with Gasteiger partial charge in [-0.3, -0.25) is 5.32 Å². The van der Waals surface area contributed by atoms with Crippen LogP contribution < -0.4 is 5.32 Å². The van der Waals surface area contributed by atoms with Crippen molar-refractivity contribution >= 4 is 10.9 Å². The lowest BCUT2D eigenvalue weighted by atomic mass is 10.1. The predicted molar refractivity (Wildman–Crippen MR) is 70.4 cm³/mol. The maximum atomic E-state index is 9.72. The van der Waals surface area contributed by atoms with Crippen molar-refractivity contribution in [2.24, 2.45) is 5.92 Å². The van der Waals surface area contributed by atoms with Crippen LogP contribution in [0.15, 0.2) is 24.4 Å². The number of rotatable bonds is 5. The molecule has 0 radical (unpaired) electrons. The number of aliphatic hydroxyl groups is 1. The van der Waals surface area contributed by atoms with Gasteiger partial charge in [-0.15, -0.1) is 0 Å². The van der Waals surface area contributed by atoms with E-state index >= 15 is 0 Å². The maximum absolute atomic E-state index is 9.72. The first-order valence-electron chi connectivity index (χ1n) is 6.44. The first-order chi connectivity index (χ1) is 8.74. The van der Waals surface area contributed by atoms with Gasteiger partial charge in [0.2, 0.25) is 0 Å². The molecular formula is C14H18N2O2. The second-order valence-electron chi connectivity index (χ2n) is 5.03. The van der Waals surface area contributed by atoms with Gasteiger partial charge in [-0.1, -0.05) is 0 Å². The van der Waals surface area contributed by atoms with E-state index in [0.29, 0.717) is 5.92 Å². The molecule has 2 aromatic rings. The van der Waals surface area contributed by atoms with Crippen LogP contribution in [0.25, 0.3) is 10.9 Å². The highest BCUT2D eigenvalue weighted by Crippen LogP contribution is 2.31. The molecule has 1 saturated carbocycles. The number of aliphatic hydroxyl groups excluding tert-OH is 1. The first-order valence-corrected chi connectivity index (χ1v) is 6.44. The minimum Gasteiger partial charge on any atom is -0.508 e. The zero-order valence-corrected chi connectivity index (χ0v) is 10.2. The third kappa shape index (κ3) is 2.35. The molecule has 1 heterocycles. The molecule has 4 nitrogen and oxygen atoms in total. The van der Waals surface area contributed by atoms with Crippen LogP contribution in [0, 0.1) is 5.92 Å². The summed E-state index contributed by atoms with van der Waals surface area (Å²) in [5.41, 5.74) is 2.20. The highest BCUT2D eigenvalue weighted by atomic mass is 16.3. The summed E-state index contributed by atoms with van der Waals surface area (Å²) in [4.78, 5) is 3.19. The lowest BCUT2D eigenvalue weighted by Crippen LogP contribution is -2.32. The van der Waals surface area contributed by atoms with E-state index < -0.39 is 0 Å². The minimum atomic E-state index is -0.358. The van der Waals surface area contributed by atoms with Gasteiger partial charge in [0.05, 0.1) is 0 Å². The molecule has 1 aliphatic carbocycles.